The average Bonchev–Trinajstić information content (AvgIpc) is 3.02. The summed E-state index contributed by atoms with van der Waals surface area (Å²) >= 11 is 1.08. The highest BCUT2D eigenvalue weighted by Gasteiger charge is 2.17. The first-order chi connectivity index (χ1) is 12.3. The Balaban J connectivity index is 1.71. The van der Waals surface area contributed by atoms with Crippen LogP contribution in [0.2, 0.25) is 0 Å². The Kier molecular flexibility index (Phi) is 6.73. The van der Waals surface area contributed by atoms with Crippen LogP contribution in [0.25, 0.3) is 0 Å². The van der Waals surface area contributed by atoms with Gasteiger partial charge in [-0.05, 0) is 38.1 Å². The molecule has 0 radical (unpaired) electrons. The highest BCUT2D eigenvalue weighted by molar-refractivity contribution is 8.01. The third-order valence-corrected chi connectivity index (χ3v) is 4.28. The Labute approximate surface area is 152 Å². The normalized spacial score (nSPS) is 11.5. The van der Waals surface area contributed by atoms with Gasteiger partial charge in [0.2, 0.25) is 11.8 Å². The first kappa shape index (κ1) is 19.4. The summed E-state index contributed by atoms with van der Waals surface area (Å²) in [6.07, 6.45) is 0. The lowest BCUT2D eigenvalue weighted by atomic mass is 10.2. The van der Waals surface area contributed by atoms with Crippen molar-refractivity contribution in [2.45, 2.75) is 19.1 Å². The molecule has 0 spiro atoms. The van der Waals surface area contributed by atoms with Gasteiger partial charge in [-0.3, -0.25) is 25.2 Å². The maximum Gasteiger partial charge on any atom is 0.269 e. The van der Waals surface area contributed by atoms with E-state index in [-0.39, 0.29) is 17.2 Å². The van der Waals surface area contributed by atoms with Crippen LogP contribution in [0.15, 0.2) is 34.9 Å². The lowest BCUT2D eigenvalue weighted by molar-refractivity contribution is -0.119. The standard InChI is InChI=1S/C16H17FN4O4S/c1-9-7-13(21-25-9)18-15(23)10(2)26-8-14(22)19-20-16(24)11-3-5-12(17)6-4-11/h3-7,10H,8H2,1-2H3,(H,19,22)(H,20,24)(H,18,21,23)/t10-/m1/s1. The summed E-state index contributed by atoms with van der Waals surface area (Å²) < 4.78 is 17.6. The molecule has 8 nitrogen and oxygen atoms in total. The number of nitrogens with zero attached hydrogens (tertiary/aromatic N) is 1. The van der Waals surface area contributed by atoms with Gasteiger partial charge in [0.05, 0.1) is 11.0 Å². The van der Waals surface area contributed by atoms with Crippen molar-refractivity contribution >= 4 is 35.3 Å². The average molecular weight is 380 g/mol. The second-order valence-corrected chi connectivity index (χ2v) is 6.60. The van der Waals surface area contributed by atoms with Crippen LogP contribution in [0.1, 0.15) is 23.0 Å². The molecule has 1 atom stereocenters. The van der Waals surface area contributed by atoms with Gasteiger partial charge in [-0.2, -0.15) is 0 Å². The van der Waals surface area contributed by atoms with Crippen molar-refractivity contribution in [3.05, 3.63) is 47.5 Å². The maximum atomic E-state index is 12.8. The SMILES string of the molecule is Cc1cc(NC(=O)[C@@H](C)SCC(=O)NNC(=O)c2ccc(F)cc2)no1. The number of thioether (sulfide) groups is 1. The second kappa shape index (κ2) is 8.99. The Hall–Kier alpha value is -2.88. The number of rotatable bonds is 6. The number of benzene rings is 1. The fourth-order valence-electron chi connectivity index (χ4n) is 1.77. The number of aryl methyl sites for hydroxylation is 1. The third-order valence-electron chi connectivity index (χ3n) is 3.13. The molecule has 0 aliphatic heterocycles. The van der Waals surface area contributed by atoms with Crippen LogP contribution in [-0.4, -0.2) is 33.9 Å². The van der Waals surface area contributed by atoms with E-state index < -0.39 is 22.9 Å². The van der Waals surface area contributed by atoms with Gasteiger partial charge < -0.3 is 9.84 Å². The number of nitrogens with one attached hydrogen (secondary N) is 3. The number of hydrogen-bond donors (Lipinski definition) is 3. The Bertz CT molecular complexity index is 794. The molecule has 3 N–H and O–H groups in total. The van der Waals surface area contributed by atoms with Crippen LogP contribution in [-0.2, 0) is 9.59 Å². The summed E-state index contributed by atoms with van der Waals surface area (Å²) in [7, 11) is 0. The van der Waals surface area contributed by atoms with Crippen LogP contribution in [0.5, 0.6) is 0 Å². The molecule has 2 aromatic rings. The number of carbonyl (C=O) groups is 3. The van der Waals surface area contributed by atoms with Gasteiger partial charge in [-0.25, -0.2) is 4.39 Å². The zero-order valence-corrected chi connectivity index (χ0v) is 14.9. The molecule has 0 bridgehead atoms. The minimum absolute atomic E-state index is 0.0455. The van der Waals surface area contributed by atoms with E-state index in [9.17, 15) is 18.8 Å². The summed E-state index contributed by atoms with van der Waals surface area (Å²) in [5.74, 6) is -1.02. The summed E-state index contributed by atoms with van der Waals surface area (Å²) in [4.78, 5) is 35.5. The molecule has 0 aliphatic carbocycles. The quantitative estimate of drug-likeness (QED) is 0.657. The minimum atomic E-state index is -0.574. The monoisotopic (exact) mass is 380 g/mol. The number of carbonyl (C=O) groups excluding carboxylic acids is 3. The number of halogens is 1. The highest BCUT2D eigenvalue weighted by Crippen LogP contribution is 2.14. The van der Waals surface area contributed by atoms with Crippen molar-refractivity contribution in [2.24, 2.45) is 0 Å². The largest absolute Gasteiger partial charge is 0.360 e. The Morgan fingerprint density at radius 1 is 1.23 bits per heavy atom. The van der Waals surface area contributed by atoms with Gasteiger partial charge in [0.1, 0.15) is 11.6 Å². The summed E-state index contributed by atoms with van der Waals surface area (Å²) in [6.45, 7) is 3.34. The number of aromatic nitrogens is 1. The maximum absolute atomic E-state index is 12.8. The Morgan fingerprint density at radius 3 is 2.54 bits per heavy atom. The number of amides is 3. The number of hydrazine groups is 1. The molecule has 2 rings (SSSR count). The van der Waals surface area contributed by atoms with E-state index in [1.165, 1.54) is 12.1 Å². The zero-order valence-electron chi connectivity index (χ0n) is 14.0. The molecule has 26 heavy (non-hydrogen) atoms. The van der Waals surface area contributed by atoms with Gasteiger partial charge in [0, 0.05) is 11.6 Å². The van der Waals surface area contributed by atoms with Gasteiger partial charge in [-0.15, -0.1) is 11.8 Å². The summed E-state index contributed by atoms with van der Waals surface area (Å²) in [5.41, 5.74) is 4.65. The predicted octanol–water partition coefficient (Wildman–Crippen LogP) is 1.64. The van der Waals surface area contributed by atoms with E-state index >= 15 is 0 Å². The predicted molar refractivity (Wildman–Crippen MR) is 93.8 cm³/mol. The molecule has 10 heteroatoms. The lowest BCUT2D eigenvalue weighted by Crippen LogP contribution is -2.42. The minimum Gasteiger partial charge on any atom is -0.360 e. The van der Waals surface area contributed by atoms with Crippen molar-refractivity contribution in [3.63, 3.8) is 0 Å². The molecular weight excluding hydrogens is 363 g/mol. The van der Waals surface area contributed by atoms with Crippen LogP contribution < -0.4 is 16.2 Å². The summed E-state index contributed by atoms with van der Waals surface area (Å²) in [6, 6.07) is 6.45. The molecule has 0 aliphatic rings. The molecule has 0 saturated carbocycles. The third kappa shape index (κ3) is 5.88. The van der Waals surface area contributed by atoms with Crippen molar-refractivity contribution < 1.29 is 23.3 Å². The first-order valence-corrected chi connectivity index (χ1v) is 8.60. The smallest absolute Gasteiger partial charge is 0.269 e. The van der Waals surface area contributed by atoms with Crippen molar-refractivity contribution in [1.29, 1.82) is 0 Å². The van der Waals surface area contributed by atoms with Crippen molar-refractivity contribution in [2.75, 3.05) is 11.1 Å². The first-order valence-electron chi connectivity index (χ1n) is 7.55. The van der Waals surface area contributed by atoms with Crippen molar-refractivity contribution in [3.8, 4) is 0 Å². The van der Waals surface area contributed by atoms with Gasteiger partial charge in [-0.1, -0.05) is 5.16 Å². The molecule has 1 aromatic carbocycles. The fraction of sp³-hybridized carbons (Fsp3) is 0.250. The molecule has 1 aromatic heterocycles. The molecule has 138 valence electrons. The Morgan fingerprint density at radius 2 is 1.92 bits per heavy atom. The highest BCUT2D eigenvalue weighted by atomic mass is 32.2. The molecular formula is C16H17FN4O4S. The van der Waals surface area contributed by atoms with E-state index in [1.807, 2.05) is 0 Å². The molecule has 1 heterocycles. The van der Waals surface area contributed by atoms with Gasteiger partial charge in [0.25, 0.3) is 5.91 Å². The molecule has 0 saturated heterocycles. The zero-order chi connectivity index (χ0) is 19.1. The van der Waals surface area contributed by atoms with E-state index in [4.69, 9.17) is 4.52 Å². The molecule has 0 unspecified atom stereocenters. The van der Waals surface area contributed by atoms with Crippen LogP contribution >= 0.6 is 11.8 Å². The number of hydrogen-bond acceptors (Lipinski definition) is 6. The van der Waals surface area contributed by atoms with Gasteiger partial charge >= 0.3 is 0 Å². The van der Waals surface area contributed by atoms with Crippen LogP contribution in [0.3, 0.4) is 0 Å². The summed E-state index contributed by atoms with van der Waals surface area (Å²) in [5, 5.41) is 5.69. The second-order valence-electron chi connectivity index (χ2n) is 5.27. The molecule has 0 fully saturated rings. The van der Waals surface area contributed by atoms with Gasteiger partial charge in [0.15, 0.2) is 5.82 Å². The van der Waals surface area contributed by atoms with Crippen LogP contribution in [0.4, 0.5) is 10.2 Å². The van der Waals surface area contributed by atoms with E-state index in [0.717, 1.165) is 23.9 Å². The number of anilines is 1. The van der Waals surface area contributed by atoms with E-state index in [2.05, 4.69) is 21.3 Å². The van der Waals surface area contributed by atoms with Crippen molar-refractivity contribution in [1.82, 2.24) is 16.0 Å². The molecule has 3 amide bonds. The fourth-order valence-corrected chi connectivity index (χ4v) is 2.45. The lowest BCUT2D eigenvalue weighted by Gasteiger charge is -2.11. The van der Waals surface area contributed by atoms with E-state index in [0.29, 0.717) is 11.6 Å². The van der Waals surface area contributed by atoms with Crippen LogP contribution in [0, 0.1) is 12.7 Å². The van der Waals surface area contributed by atoms with E-state index in [1.54, 1.807) is 19.9 Å². The topological polar surface area (TPSA) is 113 Å².